The molecular formula is C13H23NO2. The van der Waals surface area contributed by atoms with Gasteiger partial charge in [0.25, 0.3) is 0 Å². The van der Waals surface area contributed by atoms with E-state index in [4.69, 9.17) is 6.48 Å². The van der Waals surface area contributed by atoms with Crippen molar-refractivity contribution in [2.45, 2.75) is 46.6 Å². The monoisotopic (exact) mass is 226 g/mol. The van der Waals surface area contributed by atoms with E-state index >= 15 is 0 Å². The van der Waals surface area contributed by atoms with Gasteiger partial charge in [-0.15, -0.1) is 0 Å². The van der Waals surface area contributed by atoms with E-state index < -0.39 is 12.0 Å². The number of nitrogens with one attached hydrogen (secondary N) is 1. The molecule has 0 unspecified atom stereocenters. The first-order chi connectivity index (χ1) is 7.97. The lowest BCUT2D eigenvalue weighted by Gasteiger charge is -2.06. The summed E-state index contributed by atoms with van der Waals surface area (Å²) in [5, 5.41) is 11.6. The Labute approximate surface area is 99.6 Å². The summed E-state index contributed by atoms with van der Waals surface area (Å²) in [4.78, 5) is 10.5. The Balaban J connectivity index is 3.83. The van der Waals surface area contributed by atoms with Crippen LogP contribution in [0.5, 0.6) is 0 Å². The second-order valence-corrected chi connectivity index (χ2v) is 4.11. The molecule has 0 saturated heterocycles. The van der Waals surface area contributed by atoms with E-state index in [2.05, 4.69) is 11.4 Å². The number of aliphatic carboxylic acids is 1. The second kappa shape index (κ2) is 8.11. The van der Waals surface area contributed by atoms with E-state index in [1.807, 2.05) is 19.9 Å². The van der Waals surface area contributed by atoms with Gasteiger partial charge in [0.1, 0.15) is 6.04 Å². The van der Waals surface area contributed by atoms with Crippen molar-refractivity contribution < 1.29 is 11.3 Å². The molecule has 0 aromatic heterocycles. The van der Waals surface area contributed by atoms with E-state index in [0.29, 0.717) is 13.4 Å². The van der Waals surface area contributed by atoms with E-state index in [0.717, 1.165) is 18.4 Å². The summed E-state index contributed by atoms with van der Waals surface area (Å²) < 4.78 is 7.14. The maximum absolute atomic E-state index is 10.5. The molecule has 2 N–H and O–H groups in total. The van der Waals surface area contributed by atoms with Crippen molar-refractivity contribution in [2.75, 3.05) is 6.54 Å². The third-order valence-corrected chi connectivity index (χ3v) is 2.28. The highest BCUT2D eigenvalue weighted by Crippen LogP contribution is 2.05. The molecule has 0 aliphatic heterocycles. The van der Waals surface area contributed by atoms with Gasteiger partial charge in [0, 0.05) is 7.92 Å². The van der Waals surface area contributed by atoms with E-state index in [1.54, 1.807) is 6.92 Å². The summed E-state index contributed by atoms with van der Waals surface area (Å²) in [5.41, 5.74) is 2.33. The molecular weight excluding hydrogens is 202 g/mol. The number of carbonyl (C=O) groups is 1. The highest BCUT2D eigenvalue weighted by Gasteiger charge is 2.07. The molecule has 0 bridgehead atoms. The summed E-state index contributed by atoms with van der Waals surface area (Å²) in [6, 6.07) is -0.510. The van der Waals surface area contributed by atoms with Crippen molar-refractivity contribution in [3.8, 4) is 0 Å². The van der Waals surface area contributed by atoms with Gasteiger partial charge in [-0.2, -0.15) is 0 Å². The Morgan fingerprint density at radius 2 is 2.19 bits per heavy atom. The molecule has 0 aromatic rings. The summed E-state index contributed by atoms with van der Waals surface area (Å²) in [6.45, 7) is 6.58. The van der Waals surface area contributed by atoms with Crippen LogP contribution in [0.15, 0.2) is 23.3 Å². The number of carboxylic acid groups (broad SMARTS) is 1. The number of carboxylic acids is 1. The van der Waals surface area contributed by atoms with Gasteiger partial charge in [0.2, 0.25) is 0 Å². The van der Waals surface area contributed by atoms with Crippen LogP contribution in [0, 0.1) is 0 Å². The fourth-order valence-electron chi connectivity index (χ4n) is 1.15. The van der Waals surface area contributed by atoms with Crippen LogP contribution in [0.3, 0.4) is 0 Å². The third-order valence-electron chi connectivity index (χ3n) is 2.28. The molecule has 0 amide bonds. The van der Waals surface area contributed by atoms with Crippen LogP contribution < -0.4 is 5.32 Å². The van der Waals surface area contributed by atoms with Crippen molar-refractivity contribution in [1.29, 1.82) is 0 Å². The van der Waals surface area contributed by atoms with Crippen LogP contribution in [0.4, 0.5) is 0 Å². The zero-order valence-corrected chi connectivity index (χ0v) is 10.4. The van der Waals surface area contributed by atoms with Gasteiger partial charge in [-0.1, -0.05) is 23.3 Å². The lowest BCUT2D eigenvalue weighted by atomic mass is 10.1. The molecule has 16 heavy (non-hydrogen) atoms. The molecule has 0 rings (SSSR count). The van der Waals surface area contributed by atoms with Crippen LogP contribution >= 0.6 is 0 Å². The maximum Gasteiger partial charge on any atom is 0.320 e. The molecule has 0 spiro atoms. The van der Waals surface area contributed by atoms with Gasteiger partial charge in [0.15, 0.2) is 0 Å². The van der Waals surface area contributed by atoms with Crippen molar-refractivity contribution in [3.05, 3.63) is 23.3 Å². The molecule has 0 aliphatic rings. The molecule has 0 heterocycles. The van der Waals surface area contributed by atoms with Gasteiger partial charge in [-0.05, 0) is 40.5 Å². The maximum atomic E-state index is 10.5. The SMILES string of the molecule is [2H]CC(C)=CCC/C(C)=C\CN[C@@H](C)C(=O)O. The molecule has 0 aliphatic carbocycles. The van der Waals surface area contributed by atoms with Crippen LogP contribution in [-0.4, -0.2) is 23.7 Å². The topological polar surface area (TPSA) is 49.3 Å². The summed E-state index contributed by atoms with van der Waals surface area (Å²) in [6.07, 6.45) is 6.00. The summed E-state index contributed by atoms with van der Waals surface area (Å²) in [5.74, 6) is -0.829. The minimum atomic E-state index is -0.829. The fourth-order valence-corrected chi connectivity index (χ4v) is 1.15. The van der Waals surface area contributed by atoms with Crippen molar-refractivity contribution in [1.82, 2.24) is 5.32 Å². The minimum Gasteiger partial charge on any atom is -0.480 e. The zero-order chi connectivity index (χ0) is 13.3. The van der Waals surface area contributed by atoms with Gasteiger partial charge in [-0.3, -0.25) is 4.79 Å². The van der Waals surface area contributed by atoms with Crippen molar-refractivity contribution >= 4 is 5.97 Å². The smallest absolute Gasteiger partial charge is 0.320 e. The van der Waals surface area contributed by atoms with Crippen LogP contribution in [0.1, 0.15) is 41.9 Å². The molecule has 0 radical (unpaired) electrons. The number of rotatable bonds is 7. The molecule has 92 valence electrons. The van der Waals surface area contributed by atoms with Crippen LogP contribution in [-0.2, 0) is 4.79 Å². The highest BCUT2D eigenvalue weighted by atomic mass is 16.4. The predicted octanol–water partition coefficient (Wildman–Crippen LogP) is 2.74. The molecule has 3 nitrogen and oxygen atoms in total. The van der Waals surface area contributed by atoms with Crippen molar-refractivity contribution in [2.24, 2.45) is 0 Å². The number of hydrogen-bond acceptors (Lipinski definition) is 2. The number of hydrogen-bond donors (Lipinski definition) is 2. The predicted molar refractivity (Wildman–Crippen MR) is 67.5 cm³/mol. The standard InChI is InChI=1S/C13H23NO2/c1-10(2)6-5-7-11(3)8-9-14-12(4)13(15)16/h6,8,12,14H,5,7,9H2,1-4H3,(H,15,16)/b11-8-/t12-/m0/s1/i1D/b10-6?,11-8-. The first-order valence-corrected chi connectivity index (χ1v) is 5.54. The average molecular weight is 226 g/mol. The first-order valence-electron chi connectivity index (χ1n) is 6.24. The molecule has 0 saturated carbocycles. The van der Waals surface area contributed by atoms with E-state index in [-0.39, 0.29) is 0 Å². The quantitative estimate of drug-likeness (QED) is 0.656. The first kappa shape index (κ1) is 13.0. The minimum absolute atomic E-state index is 0.362. The van der Waals surface area contributed by atoms with Crippen LogP contribution in [0.2, 0.25) is 0 Å². The Morgan fingerprint density at radius 1 is 1.50 bits per heavy atom. The van der Waals surface area contributed by atoms with Gasteiger partial charge >= 0.3 is 5.97 Å². The Hall–Kier alpha value is -1.09. The zero-order valence-electron chi connectivity index (χ0n) is 11.4. The van der Waals surface area contributed by atoms with Gasteiger partial charge < -0.3 is 10.4 Å². The average Bonchev–Trinajstić information content (AvgIpc) is 2.28. The number of allylic oxidation sites excluding steroid dienone is 3. The summed E-state index contributed by atoms with van der Waals surface area (Å²) >= 11 is 0. The largest absolute Gasteiger partial charge is 0.480 e. The molecule has 0 aromatic carbocycles. The molecule has 3 heteroatoms. The normalized spacial score (nSPS) is 15.8. The Bertz CT molecular complexity index is 298. The van der Waals surface area contributed by atoms with E-state index in [9.17, 15) is 4.79 Å². The highest BCUT2D eigenvalue weighted by molar-refractivity contribution is 5.72. The Kier molecular flexibility index (Phi) is 6.58. The molecule has 1 atom stereocenters. The van der Waals surface area contributed by atoms with E-state index in [1.165, 1.54) is 5.57 Å². The van der Waals surface area contributed by atoms with Gasteiger partial charge in [0.05, 0.1) is 0 Å². The summed E-state index contributed by atoms with van der Waals surface area (Å²) in [7, 11) is 0. The Morgan fingerprint density at radius 3 is 2.75 bits per heavy atom. The van der Waals surface area contributed by atoms with Crippen molar-refractivity contribution in [3.63, 3.8) is 0 Å². The third kappa shape index (κ3) is 8.24. The fraction of sp³-hybridized carbons (Fsp3) is 0.615. The lowest BCUT2D eigenvalue weighted by molar-refractivity contribution is -0.138. The van der Waals surface area contributed by atoms with Crippen LogP contribution in [0.25, 0.3) is 0 Å². The second-order valence-electron chi connectivity index (χ2n) is 4.11. The molecule has 0 fully saturated rings. The van der Waals surface area contributed by atoms with Gasteiger partial charge in [-0.25, -0.2) is 0 Å². The lowest BCUT2D eigenvalue weighted by Crippen LogP contribution is -2.33.